The highest BCUT2D eigenvalue weighted by molar-refractivity contribution is 9.10. The van der Waals surface area contributed by atoms with E-state index in [1.165, 1.54) is 20.3 Å². The molecule has 1 aliphatic heterocycles. The van der Waals surface area contributed by atoms with E-state index in [9.17, 15) is 8.42 Å². The van der Waals surface area contributed by atoms with E-state index in [-0.39, 0.29) is 10.8 Å². The molecule has 0 saturated carbocycles. The molecule has 0 spiro atoms. The quantitative estimate of drug-likeness (QED) is 0.320. The zero-order chi connectivity index (χ0) is 27.3. The second kappa shape index (κ2) is 12.1. The molecule has 2 aromatic heterocycles. The molecular weight excluding hydrogens is 570 g/mol. The molecule has 1 N–H and O–H groups in total. The summed E-state index contributed by atoms with van der Waals surface area (Å²) in [5.74, 6) is 1.75. The average Bonchev–Trinajstić information content (AvgIpc) is 3.32. The Hall–Kier alpha value is -3.15. The first-order chi connectivity index (χ1) is 18.3. The van der Waals surface area contributed by atoms with Gasteiger partial charge in [0.05, 0.1) is 35.5 Å². The highest BCUT2D eigenvalue weighted by Crippen LogP contribution is 2.32. The number of nitrogens with zero attached hydrogens (tertiary/aromatic N) is 4. The van der Waals surface area contributed by atoms with E-state index in [0.717, 1.165) is 34.4 Å². The van der Waals surface area contributed by atoms with Crippen LogP contribution in [0.4, 0.5) is 5.82 Å². The molecule has 1 unspecified atom stereocenters. The number of anilines is 1. The van der Waals surface area contributed by atoms with Gasteiger partial charge < -0.3 is 14.8 Å². The van der Waals surface area contributed by atoms with Crippen molar-refractivity contribution in [1.29, 1.82) is 0 Å². The van der Waals surface area contributed by atoms with Crippen molar-refractivity contribution in [2.24, 2.45) is 5.92 Å². The number of methoxy groups -OCH3 is 2. The largest absolute Gasteiger partial charge is 0.493 e. The molecule has 11 heteroatoms. The Bertz CT molecular complexity index is 1480. The van der Waals surface area contributed by atoms with Crippen molar-refractivity contribution >= 4 is 43.0 Å². The summed E-state index contributed by atoms with van der Waals surface area (Å²) < 4.78 is 41.5. The molecule has 38 heavy (non-hydrogen) atoms. The summed E-state index contributed by atoms with van der Waals surface area (Å²) in [5, 5.41) is 7.95. The first-order valence-corrected chi connectivity index (χ1v) is 14.5. The first kappa shape index (κ1) is 27.9. The maximum atomic E-state index is 13.5. The van der Waals surface area contributed by atoms with Crippen LogP contribution in [0.2, 0.25) is 0 Å². The molecule has 0 radical (unpaired) electrons. The van der Waals surface area contributed by atoms with Gasteiger partial charge in [-0.3, -0.25) is 0 Å². The van der Waals surface area contributed by atoms with Crippen molar-refractivity contribution in [2.45, 2.75) is 24.7 Å². The lowest BCUT2D eigenvalue weighted by Crippen LogP contribution is -2.41. The van der Waals surface area contributed by atoms with Crippen molar-refractivity contribution in [1.82, 2.24) is 18.9 Å². The summed E-state index contributed by atoms with van der Waals surface area (Å²) in [7, 11) is -0.675. The summed E-state index contributed by atoms with van der Waals surface area (Å²) in [6.07, 6.45) is 11.0. The number of benzene rings is 1. The fourth-order valence-electron chi connectivity index (χ4n) is 4.45. The Morgan fingerprint density at radius 1 is 1.26 bits per heavy atom. The predicted octanol–water partition coefficient (Wildman–Crippen LogP) is 5.17. The minimum absolute atomic E-state index is 0.113. The highest BCUT2D eigenvalue weighted by atomic mass is 79.9. The Morgan fingerprint density at radius 2 is 2.05 bits per heavy atom. The summed E-state index contributed by atoms with van der Waals surface area (Å²) in [6, 6.07) is 6.62. The number of rotatable bonds is 10. The monoisotopic (exact) mass is 601 g/mol. The van der Waals surface area contributed by atoms with Crippen molar-refractivity contribution in [3.8, 4) is 11.5 Å². The van der Waals surface area contributed by atoms with Gasteiger partial charge in [0.15, 0.2) is 17.1 Å². The van der Waals surface area contributed by atoms with Crippen LogP contribution in [-0.4, -0.2) is 61.2 Å². The summed E-state index contributed by atoms with van der Waals surface area (Å²) in [6.45, 7) is 7.35. The number of halogens is 1. The number of allylic oxidation sites excluding steroid dienone is 5. The van der Waals surface area contributed by atoms with Crippen molar-refractivity contribution in [3.63, 3.8) is 0 Å². The van der Waals surface area contributed by atoms with Crippen LogP contribution in [0.15, 0.2) is 70.7 Å². The molecule has 1 atom stereocenters. The number of hydrogen-bond acceptors (Lipinski definition) is 7. The van der Waals surface area contributed by atoms with E-state index >= 15 is 0 Å². The molecular formula is C27H32BrN5O4S. The van der Waals surface area contributed by atoms with Crippen LogP contribution in [0.25, 0.3) is 11.2 Å². The fraction of sp³-hybridized carbons (Fsp3) is 0.333. The standard InChI is InChI=1S/C27H32BrN5O4S/c1-5-7-10-20(6-2)23-15-26(33-27(31-23)22(28)17-30-33)29-16-19-9-8-13-32(18-19)38(34,35)21-11-12-24(36-3)25(14-21)37-4/h5-7,10-12,14-15,17,19,29H,2,8-9,13,16,18H2,1,3-4H3/b7-5-,20-10+. The smallest absolute Gasteiger partial charge is 0.243 e. The van der Waals surface area contributed by atoms with Crippen molar-refractivity contribution < 1.29 is 17.9 Å². The Kier molecular flexibility index (Phi) is 8.91. The third kappa shape index (κ3) is 5.79. The number of nitrogens with one attached hydrogen (secondary N) is 1. The van der Waals surface area contributed by atoms with E-state index < -0.39 is 10.0 Å². The van der Waals surface area contributed by atoms with Gasteiger partial charge in [-0.2, -0.15) is 13.9 Å². The second-order valence-corrected chi connectivity index (χ2v) is 11.7. The van der Waals surface area contributed by atoms with E-state index in [1.54, 1.807) is 33.2 Å². The second-order valence-electron chi connectivity index (χ2n) is 8.88. The van der Waals surface area contributed by atoms with Gasteiger partial charge in [-0.05, 0) is 59.3 Å². The minimum atomic E-state index is -3.69. The zero-order valence-electron chi connectivity index (χ0n) is 21.7. The number of fused-ring (bicyclic) bond motifs is 1. The summed E-state index contributed by atoms with van der Waals surface area (Å²) in [5.41, 5.74) is 2.32. The van der Waals surface area contributed by atoms with Crippen molar-refractivity contribution in [3.05, 3.63) is 71.5 Å². The van der Waals surface area contributed by atoms with Crippen LogP contribution in [0.1, 0.15) is 25.5 Å². The fourth-order valence-corrected chi connectivity index (χ4v) is 6.37. The Balaban J connectivity index is 1.55. The van der Waals surface area contributed by atoms with E-state index in [0.29, 0.717) is 36.8 Å². The Morgan fingerprint density at radius 3 is 2.76 bits per heavy atom. The molecule has 0 aliphatic carbocycles. The van der Waals surface area contributed by atoms with Crippen LogP contribution < -0.4 is 14.8 Å². The number of hydrogen-bond donors (Lipinski definition) is 1. The van der Waals surface area contributed by atoms with Crippen LogP contribution in [0.3, 0.4) is 0 Å². The molecule has 202 valence electrons. The van der Waals surface area contributed by atoms with Gasteiger partial charge in [-0.15, -0.1) is 0 Å². The topological polar surface area (TPSA) is 98.1 Å². The average molecular weight is 603 g/mol. The van der Waals surface area contributed by atoms with Crippen molar-refractivity contribution in [2.75, 3.05) is 39.2 Å². The lowest BCUT2D eigenvalue weighted by Gasteiger charge is -2.32. The Labute approximate surface area is 232 Å². The SMILES string of the molecule is C=C/C(=C\C=C/C)c1cc(NCC2CCCN(S(=O)(=O)c3ccc(OC)c(OC)c3)C2)n2ncc(Br)c2n1. The predicted molar refractivity (Wildman–Crippen MR) is 153 cm³/mol. The van der Waals surface area contributed by atoms with Gasteiger partial charge in [0.1, 0.15) is 5.82 Å². The van der Waals surface area contributed by atoms with E-state index in [1.807, 2.05) is 31.2 Å². The zero-order valence-corrected chi connectivity index (χ0v) is 24.1. The first-order valence-electron chi connectivity index (χ1n) is 12.3. The molecule has 3 heterocycles. The van der Waals surface area contributed by atoms with Crippen LogP contribution in [-0.2, 0) is 10.0 Å². The molecule has 4 rings (SSSR count). The van der Waals surface area contributed by atoms with Crippen LogP contribution in [0.5, 0.6) is 11.5 Å². The highest BCUT2D eigenvalue weighted by Gasteiger charge is 2.31. The van der Waals surface area contributed by atoms with Crippen LogP contribution >= 0.6 is 15.9 Å². The summed E-state index contributed by atoms with van der Waals surface area (Å²) in [4.78, 5) is 4.94. The summed E-state index contributed by atoms with van der Waals surface area (Å²) >= 11 is 3.53. The third-order valence-electron chi connectivity index (χ3n) is 6.46. The molecule has 0 bridgehead atoms. The number of aromatic nitrogens is 3. The number of ether oxygens (including phenoxy) is 2. The lowest BCUT2D eigenvalue weighted by molar-refractivity contribution is 0.275. The molecule has 9 nitrogen and oxygen atoms in total. The molecule has 1 saturated heterocycles. The van der Waals surface area contributed by atoms with Gasteiger partial charge in [0.2, 0.25) is 10.0 Å². The normalized spacial score (nSPS) is 17.2. The third-order valence-corrected chi connectivity index (χ3v) is 8.88. The van der Waals surface area contributed by atoms with Gasteiger partial charge in [-0.1, -0.05) is 30.9 Å². The van der Waals surface area contributed by atoms with Gasteiger partial charge in [0, 0.05) is 31.8 Å². The number of piperidine rings is 1. The van der Waals surface area contributed by atoms with E-state index in [4.69, 9.17) is 14.5 Å². The van der Waals surface area contributed by atoms with E-state index in [2.05, 4.69) is 32.9 Å². The number of sulfonamides is 1. The maximum absolute atomic E-state index is 13.5. The maximum Gasteiger partial charge on any atom is 0.243 e. The molecule has 1 aliphatic rings. The lowest BCUT2D eigenvalue weighted by atomic mass is 10.00. The molecule has 0 amide bonds. The molecule has 3 aromatic rings. The molecule has 1 aromatic carbocycles. The van der Waals surface area contributed by atoms with Gasteiger partial charge in [-0.25, -0.2) is 13.4 Å². The van der Waals surface area contributed by atoms with Crippen LogP contribution in [0, 0.1) is 5.92 Å². The van der Waals surface area contributed by atoms with Gasteiger partial charge in [0.25, 0.3) is 0 Å². The minimum Gasteiger partial charge on any atom is -0.493 e. The van der Waals surface area contributed by atoms with Gasteiger partial charge >= 0.3 is 0 Å². The molecule has 1 fully saturated rings.